The van der Waals surface area contributed by atoms with Crippen molar-refractivity contribution in [2.24, 2.45) is 0 Å². The number of rotatable bonds is 1. The van der Waals surface area contributed by atoms with Gasteiger partial charge >= 0.3 is 0 Å². The Morgan fingerprint density at radius 2 is 2.57 bits per heavy atom. The molecular formula is C9H13N3OS. The summed E-state index contributed by atoms with van der Waals surface area (Å²) in [5, 5.41) is 14.2. The van der Waals surface area contributed by atoms with Crippen molar-refractivity contribution in [1.82, 2.24) is 14.9 Å². The summed E-state index contributed by atoms with van der Waals surface area (Å²) in [4.78, 5) is 4.35. The number of nitrogens with one attached hydrogen (secondary N) is 1. The number of hydrogen-bond acceptors (Lipinski definition) is 4. The fourth-order valence-electron chi connectivity index (χ4n) is 2.18. The summed E-state index contributed by atoms with van der Waals surface area (Å²) in [6.45, 7) is 1.93. The van der Waals surface area contributed by atoms with Gasteiger partial charge in [-0.15, -0.1) is 0 Å². The summed E-state index contributed by atoms with van der Waals surface area (Å²) >= 11 is 1.79. The van der Waals surface area contributed by atoms with Crippen molar-refractivity contribution < 1.29 is 5.11 Å². The Balaban J connectivity index is 1.96. The second-order valence-electron chi connectivity index (χ2n) is 3.75. The average molecular weight is 211 g/mol. The third-order valence-corrected chi connectivity index (χ3v) is 3.87. The van der Waals surface area contributed by atoms with Crippen LogP contribution in [0.25, 0.3) is 0 Å². The van der Waals surface area contributed by atoms with Crippen LogP contribution in [0.4, 0.5) is 0 Å². The van der Waals surface area contributed by atoms with Crippen LogP contribution in [-0.2, 0) is 6.54 Å². The van der Waals surface area contributed by atoms with Gasteiger partial charge in [-0.1, -0.05) is 11.8 Å². The quantitative estimate of drug-likeness (QED) is 0.705. The standard InChI is InChI=1S/C9H13N3OS/c13-7-1-2-10-8(7)6-5-11-9-12(6)3-4-14-9/h5,7-8,10,13H,1-4H2. The molecule has 1 aromatic heterocycles. The molecule has 2 atom stereocenters. The lowest BCUT2D eigenvalue weighted by Crippen LogP contribution is -2.23. The number of nitrogens with zero attached hydrogens (tertiary/aromatic N) is 2. The number of aliphatic hydroxyl groups is 1. The lowest BCUT2D eigenvalue weighted by molar-refractivity contribution is 0.156. The van der Waals surface area contributed by atoms with Crippen molar-refractivity contribution in [1.29, 1.82) is 0 Å². The summed E-state index contributed by atoms with van der Waals surface area (Å²) in [6, 6.07) is 0.0925. The highest BCUT2D eigenvalue weighted by Crippen LogP contribution is 2.31. The van der Waals surface area contributed by atoms with Gasteiger partial charge in [0, 0.05) is 12.3 Å². The summed E-state index contributed by atoms with van der Waals surface area (Å²) in [6.07, 6.45) is 2.49. The number of thioether (sulfide) groups is 1. The first kappa shape index (κ1) is 8.76. The first-order chi connectivity index (χ1) is 6.86. The number of aromatic nitrogens is 2. The minimum Gasteiger partial charge on any atom is -0.391 e. The van der Waals surface area contributed by atoms with E-state index in [1.807, 2.05) is 6.20 Å². The van der Waals surface area contributed by atoms with Crippen LogP contribution in [0, 0.1) is 0 Å². The molecule has 0 saturated carbocycles. The molecule has 0 radical (unpaired) electrons. The molecule has 2 aliphatic rings. The van der Waals surface area contributed by atoms with Crippen LogP contribution in [-0.4, -0.2) is 33.1 Å². The minimum atomic E-state index is -0.249. The van der Waals surface area contributed by atoms with Crippen molar-refractivity contribution in [3.05, 3.63) is 11.9 Å². The van der Waals surface area contributed by atoms with E-state index in [4.69, 9.17) is 0 Å². The van der Waals surface area contributed by atoms with Gasteiger partial charge in [0.25, 0.3) is 0 Å². The number of imidazole rings is 1. The van der Waals surface area contributed by atoms with Gasteiger partial charge in [-0.2, -0.15) is 0 Å². The van der Waals surface area contributed by atoms with Crippen molar-refractivity contribution in [2.75, 3.05) is 12.3 Å². The number of hydrogen-bond donors (Lipinski definition) is 2. The third-order valence-electron chi connectivity index (χ3n) is 2.90. The maximum Gasteiger partial charge on any atom is 0.168 e. The van der Waals surface area contributed by atoms with Crippen LogP contribution in [0.5, 0.6) is 0 Å². The molecule has 14 heavy (non-hydrogen) atoms. The zero-order valence-corrected chi connectivity index (χ0v) is 8.63. The summed E-state index contributed by atoms with van der Waals surface area (Å²) in [7, 11) is 0. The topological polar surface area (TPSA) is 50.1 Å². The Bertz CT molecular complexity index is 352. The molecule has 1 aromatic rings. The van der Waals surface area contributed by atoms with Gasteiger partial charge in [-0.3, -0.25) is 0 Å². The number of fused-ring (bicyclic) bond motifs is 1. The average Bonchev–Trinajstić information content (AvgIpc) is 2.78. The molecule has 5 heteroatoms. The molecular weight excluding hydrogens is 198 g/mol. The highest BCUT2D eigenvalue weighted by molar-refractivity contribution is 7.99. The monoisotopic (exact) mass is 211 g/mol. The molecule has 0 aliphatic carbocycles. The van der Waals surface area contributed by atoms with E-state index in [9.17, 15) is 5.11 Å². The Kier molecular flexibility index (Phi) is 2.04. The molecule has 2 aliphatic heterocycles. The van der Waals surface area contributed by atoms with E-state index >= 15 is 0 Å². The SMILES string of the molecule is OC1CCNC1c1cnc2n1CCS2. The Morgan fingerprint density at radius 3 is 3.36 bits per heavy atom. The van der Waals surface area contributed by atoms with E-state index in [1.165, 1.54) is 0 Å². The molecule has 3 heterocycles. The first-order valence-corrected chi connectivity index (χ1v) is 5.94. The summed E-state index contributed by atoms with van der Waals surface area (Å²) < 4.78 is 2.22. The van der Waals surface area contributed by atoms with Crippen LogP contribution >= 0.6 is 11.8 Å². The first-order valence-electron chi connectivity index (χ1n) is 4.96. The molecule has 1 saturated heterocycles. The second kappa shape index (κ2) is 3.25. The van der Waals surface area contributed by atoms with E-state index in [0.717, 1.165) is 36.1 Å². The molecule has 0 bridgehead atoms. The van der Waals surface area contributed by atoms with E-state index < -0.39 is 0 Å². The van der Waals surface area contributed by atoms with E-state index in [0.29, 0.717) is 0 Å². The molecule has 2 N–H and O–H groups in total. The molecule has 0 amide bonds. The lowest BCUT2D eigenvalue weighted by Gasteiger charge is -2.15. The summed E-state index contributed by atoms with van der Waals surface area (Å²) in [5.74, 6) is 1.11. The van der Waals surface area contributed by atoms with Gasteiger partial charge in [-0.05, 0) is 13.0 Å². The van der Waals surface area contributed by atoms with E-state index in [-0.39, 0.29) is 12.1 Å². The number of aliphatic hydroxyl groups excluding tert-OH is 1. The highest BCUT2D eigenvalue weighted by Gasteiger charge is 2.30. The molecule has 0 aromatic carbocycles. The van der Waals surface area contributed by atoms with Crippen LogP contribution < -0.4 is 5.32 Å². The highest BCUT2D eigenvalue weighted by atomic mass is 32.2. The van der Waals surface area contributed by atoms with Crippen molar-refractivity contribution >= 4 is 11.8 Å². The molecule has 0 spiro atoms. The van der Waals surface area contributed by atoms with Gasteiger partial charge in [0.05, 0.1) is 24.0 Å². The Labute approximate surface area is 86.7 Å². The van der Waals surface area contributed by atoms with Gasteiger partial charge < -0.3 is 15.0 Å². The van der Waals surface area contributed by atoms with Crippen molar-refractivity contribution in [3.63, 3.8) is 0 Å². The zero-order chi connectivity index (χ0) is 9.54. The third kappa shape index (κ3) is 1.20. The van der Waals surface area contributed by atoms with Crippen molar-refractivity contribution in [2.45, 2.75) is 30.3 Å². The normalized spacial score (nSPS) is 30.9. The predicted octanol–water partition coefficient (Wildman–Crippen LogP) is 0.384. The maximum atomic E-state index is 9.78. The van der Waals surface area contributed by atoms with Gasteiger partial charge in [0.2, 0.25) is 0 Å². The largest absolute Gasteiger partial charge is 0.391 e. The van der Waals surface area contributed by atoms with Crippen LogP contribution in [0.15, 0.2) is 11.4 Å². The fraction of sp³-hybridized carbons (Fsp3) is 0.667. The molecule has 2 unspecified atom stereocenters. The Morgan fingerprint density at radius 1 is 1.64 bits per heavy atom. The molecule has 4 nitrogen and oxygen atoms in total. The van der Waals surface area contributed by atoms with Crippen LogP contribution in [0.2, 0.25) is 0 Å². The van der Waals surface area contributed by atoms with Crippen LogP contribution in [0.3, 0.4) is 0 Å². The zero-order valence-electron chi connectivity index (χ0n) is 7.81. The van der Waals surface area contributed by atoms with Crippen molar-refractivity contribution in [3.8, 4) is 0 Å². The predicted molar refractivity (Wildman–Crippen MR) is 54.3 cm³/mol. The smallest absolute Gasteiger partial charge is 0.168 e. The minimum absolute atomic E-state index is 0.0925. The summed E-state index contributed by atoms with van der Waals surface area (Å²) in [5.41, 5.74) is 1.15. The lowest BCUT2D eigenvalue weighted by atomic mass is 10.1. The van der Waals surface area contributed by atoms with Crippen LogP contribution in [0.1, 0.15) is 18.2 Å². The van der Waals surface area contributed by atoms with Gasteiger partial charge in [-0.25, -0.2) is 4.98 Å². The van der Waals surface area contributed by atoms with Gasteiger partial charge in [0.1, 0.15) is 0 Å². The van der Waals surface area contributed by atoms with E-state index in [2.05, 4.69) is 14.9 Å². The Hall–Kier alpha value is -0.520. The fourth-order valence-corrected chi connectivity index (χ4v) is 3.11. The molecule has 76 valence electrons. The van der Waals surface area contributed by atoms with E-state index in [1.54, 1.807) is 11.8 Å². The maximum absolute atomic E-state index is 9.78. The van der Waals surface area contributed by atoms with Gasteiger partial charge in [0.15, 0.2) is 5.16 Å². The molecule has 1 fully saturated rings. The second-order valence-corrected chi connectivity index (χ2v) is 4.82. The molecule has 3 rings (SSSR count).